The van der Waals surface area contributed by atoms with Crippen LogP contribution in [0.5, 0.6) is 0 Å². The average Bonchev–Trinajstić information content (AvgIpc) is 3.70. The van der Waals surface area contributed by atoms with Gasteiger partial charge in [0.1, 0.15) is 0 Å². The molecule has 0 radical (unpaired) electrons. The summed E-state index contributed by atoms with van der Waals surface area (Å²) < 4.78 is 216. The second-order valence-electron chi connectivity index (χ2n) is 8.57. The van der Waals surface area contributed by atoms with E-state index in [1.165, 1.54) is 0 Å². The van der Waals surface area contributed by atoms with Crippen LogP contribution in [0.4, 0.5) is 0 Å². The summed E-state index contributed by atoms with van der Waals surface area (Å²) in [7, 11) is 0. The van der Waals surface area contributed by atoms with Crippen molar-refractivity contribution in [2.24, 2.45) is 0 Å². The van der Waals surface area contributed by atoms with Crippen molar-refractivity contribution in [2.45, 2.75) is 0 Å². The third-order valence-electron chi connectivity index (χ3n) is 6.04. The Morgan fingerprint density at radius 2 is 0.767 bits per heavy atom. The first-order chi connectivity index (χ1) is 31.7. The summed E-state index contributed by atoms with van der Waals surface area (Å²) in [5, 5.41) is -0.667. The highest BCUT2D eigenvalue weighted by molar-refractivity contribution is 7.26. The predicted molar refractivity (Wildman–Crippen MR) is 180 cm³/mol. The molecule has 0 amide bonds. The Bertz CT molecular complexity index is 3470. The summed E-state index contributed by atoms with van der Waals surface area (Å²) in [4.78, 5) is 12.7. The van der Waals surface area contributed by atoms with Crippen molar-refractivity contribution in [1.29, 1.82) is 0 Å². The minimum atomic E-state index is -0.974. The molecule has 202 valence electrons. The van der Waals surface area contributed by atoms with Gasteiger partial charge in [-0.1, -0.05) is 145 Å². The molecule has 8 rings (SSSR count). The van der Waals surface area contributed by atoms with Crippen LogP contribution in [-0.2, 0) is 0 Å². The fourth-order valence-electron chi connectivity index (χ4n) is 4.19. The van der Waals surface area contributed by atoms with Crippen LogP contribution >= 0.6 is 11.3 Å². The second kappa shape index (κ2) is 10.8. The molecule has 0 saturated carbocycles. The van der Waals surface area contributed by atoms with Crippen molar-refractivity contribution in [3.05, 3.63) is 151 Å². The van der Waals surface area contributed by atoms with Crippen LogP contribution in [0, 0.1) is 0 Å². The molecule has 6 aromatic carbocycles. The number of fused-ring (bicyclic) bond motifs is 3. The summed E-state index contributed by atoms with van der Waals surface area (Å²) in [6.07, 6.45) is 0. The largest absolute Gasteiger partial charge is 0.208 e. The van der Waals surface area contributed by atoms with E-state index in [0.29, 0.717) is 11.3 Å². The molecule has 0 bridgehead atoms. The van der Waals surface area contributed by atoms with Gasteiger partial charge < -0.3 is 0 Å². The number of hydrogen-bond acceptors (Lipinski definition) is 4. The first kappa shape index (κ1) is 10.4. The summed E-state index contributed by atoms with van der Waals surface area (Å²) >= 11 is 0.571. The van der Waals surface area contributed by atoms with E-state index in [2.05, 4.69) is 15.0 Å². The summed E-state index contributed by atoms with van der Waals surface area (Å²) in [6.45, 7) is 0. The highest BCUT2D eigenvalue weighted by Gasteiger charge is 2.16. The fraction of sp³-hybridized carbons (Fsp3) is 0. The molecule has 8 aromatic rings. The topological polar surface area (TPSA) is 38.7 Å². The molecular weight excluding hydrogens is 543 g/mol. The van der Waals surface area contributed by atoms with Crippen LogP contribution in [0.15, 0.2) is 151 Å². The fourth-order valence-corrected chi connectivity index (χ4v) is 5.42. The highest BCUT2D eigenvalue weighted by atomic mass is 32.1. The maximum atomic E-state index is 9.62. The van der Waals surface area contributed by atoms with Gasteiger partial charge >= 0.3 is 0 Å². The van der Waals surface area contributed by atoms with Crippen LogP contribution in [0.25, 0.3) is 76.6 Å². The monoisotopic (exact) mass is 592 g/mol. The molecule has 0 atom stereocenters. The van der Waals surface area contributed by atoms with Crippen LogP contribution in [0.1, 0.15) is 34.3 Å². The Labute approximate surface area is 289 Å². The molecule has 0 spiro atoms. The normalized spacial score (nSPS) is 19.4. The average molecular weight is 593 g/mol. The molecule has 0 saturated heterocycles. The quantitative estimate of drug-likeness (QED) is 0.200. The molecule has 0 aliphatic heterocycles. The molecular formula is C39H25N3S. The molecule has 0 N–H and O–H groups in total. The Morgan fingerprint density at radius 1 is 0.372 bits per heavy atom. The number of hydrogen-bond donors (Lipinski definition) is 0. The van der Waals surface area contributed by atoms with Gasteiger partial charge in [0.2, 0.25) is 0 Å². The number of benzene rings is 6. The number of nitrogens with zero attached hydrogens (tertiary/aromatic N) is 3. The van der Waals surface area contributed by atoms with Crippen molar-refractivity contribution in [3.63, 3.8) is 0 Å². The lowest BCUT2D eigenvalue weighted by atomic mass is 9.99. The summed E-state index contributed by atoms with van der Waals surface area (Å²) in [5.41, 5.74) is -4.38. The Kier molecular flexibility index (Phi) is 2.59. The summed E-state index contributed by atoms with van der Waals surface area (Å²) in [6, 6.07) is -21.0. The maximum Gasteiger partial charge on any atom is 0.164 e. The van der Waals surface area contributed by atoms with Crippen molar-refractivity contribution in [2.75, 3.05) is 0 Å². The van der Waals surface area contributed by atoms with Gasteiger partial charge in [-0.15, -0.1) is 11.3 Å². The van der Waals surface area contributed by atoms with Crippen molar-refractivity contribution in [1.82, 2.24) is 15.0 Å². The number of aromatic nitrogens is 3. The van der Waals surface area contributed by atoms with Crippen molar-refractivity contribution < 1.29 is 34.3 Å². The van der Waals surface area contributed by atoms with Gasteiger partial charge in [0, 0.05) is 36.9 Å². The van der Waals surface area contributed by atoms with E-state index in [1.54, 1.807) is 0 Å². The molecule has 3 nitrogen and oxygen atoms in total. The second-order valence-corrected chi connectivity index (χ2v) is 9.59. The van der Waals surface area contributed by atoms with Gasteiger partial charge in [0.25, 0.3) is 0 Å². The standard InChI is InChI=1S/C39H25N3S/c1-4-13-26(14-5-1)31-21-11-23-33-34-24-12-22-32(36(34)43-35(31)33)29-19-10-20-30(25-29)39-41-37(27-15-6-2-7-16-27)40-38(42-39)28-17-8-3-9-18-28/h1-25H/i1D,2D,3D,4D,5D,6D,7D,8D,9D,10D,11D,12D,13D,14D,15D,16D,17D,18D,19D,20D,21D,22D,23D,24D,25D. The lowest BCUT2D eigenvalue weighted by Crippen LogP contribution is -2.00. The number of rotatable bonds is 5. The first-order valence-electron chi connectivity index (χ1n) is 24.7. The molecule has 0 aliphatic rings. The molecule has 4 heteroatoms. The third-order valence-corrected chi connectivity index (χ3v) is 7.27. The zero-order valence-corrected chi connectivity index (χ0v) is 22.1. The smallest absolute Gasteiger partial charge is 0.164 e. The van der Waals surface area contributed by atoms with Gasteiger partial charge in [0.15, 0.2) is 17.5 Å². The summed E-state index contributed by atoms with van der Waals surface area (Å²) in [5.74, 6) is -2.39. The molecule has 2 aromatic heterocycles. The first-order valence-corrected chi connectivity index (χ1v) is 13.1. The van der Waals surface area contributed by atoms with Gasteiger partial charge in [-0.05, 0) is 28.3 Å². The lowest BCUT2D eigenvalue weighted by molar-refractivity contribution is 1.07. The van der Waals surface area contributed by atoms with Crippen LogP contribution in [0.3, 0.4) is 0 Å². The molecule has 0 aliphatic carbocycles. The Hall–Kier alpha value is -5.45. The van der Waals surface area contributed by atoms with Crippen molar-refractivity contribution in [3.8, 4) is 56.4 Å². The van der Waals surface area contributed by atoms with Crippen molar-refractivity contribution >= 4 is 31.5 Å². The number of thiophene rings is 1. The van der Waals surface area contributed by atoms with E-state index in [1.807, 2.05) is 0 Å². The van der Waals surface area contributed by atoms with E-state index in [-0.39, 0.29) is 20.2 Å². The minimum Gasteiger partial charge on any atom is -0.208 e. The SMILES string of the molecule is [2H]c1c([2H])c([2H])c(-c2nc(-c3c([2H])c([2H])c([2H])c([2H])c3[2H])nc(-c3c([2H])c([2H])c([2H])c(-c4c([2H])c([2H])c([2H])c5c4sc4c(-c6c([2H])c([2H])c([2H])c([2H])c6[2H])c([2H])c([2H])c([2H])c45)c3[2H])n2)c([2H])c1[2H]. The Morgan fingerprint density at radius 3 is 1.30 bits per heavy atom. The van der Waals surface area contributed by atoms with Crippen LogP contribution in [0.2, 0.25) is 0 Å². The van der Waals surface area contributed by atoms with E-state index in [9.17, 15) is 2.74 Å². The van der Waals surface area contributed by atoms with E-state index in [4.69, 9.17) is 31.5 Å². The molecule has 43 heavy (non-hydrogen) atoms. The van der Waals surface area contributed by atoms with Gasteiger partial charge in [0.05, 0.1) is 34.3 Å². The molecule has 0 unspecified atom stereocenters. The zero-order valence-electron chi connectivity index (χ0n) is 46.2. The lowest BCUT2D eigenvalue weighted by Gasteiger charge is -2.10. The molecule has 2 heterocycles. The van der Waals surface area contributed by atoms with Crippen LogP contribution < -0.4 is 0 Å². The molecule has 0 fully saturated rings. The maximum absolute atomic E-state index is 9.62. The van der Waals surface area contributed by atoms with Gasteiger partial charge in [-0.3, -0.25) is 0 Å². The van der Waals surface area contributed by atoms with Gasteiger partial charge in [-0.2, -0.15) is 0 Å². The minimum absolute atomic E-state index is 0.213. The third kappa shape index (κ3) is 4.68. The zero-order chi connectivity index (χ0) is 50.3. The van der Waals surface area contributed by atoms with E-state index >= 15 is 0 Å². The Balaban J connectivity index is 1.55. The van der Waals surface area contributed by atoms with Gasteiger partial charge in [-0.25, -0.2) is 15.0 Å². The highest BCUT2D eigenvalue weighted by Crippen LogP contribution is 2.44. The van der Waals surface area contributed by atoms with E-state index in [0.717, 1.165) is 0 Å². The van der Waals surface area contributed by atoms with E-state index < -0.39 is 207 Å². The predicted octanol–water partition coefficient (Wildman–Crippen LogP) is 10.6. The van der Waals surface area contributed by atoms with Crippen LogP contribution in [-0.4, -0.2) is 15.0 Å².